The third-order valence-electron chi connectivity index (χ3n) is 8.41. The minimum Gasteiger partial charge on any atom is -0.236 e. The summed E-state index contributed by atoms with van der Waals surface area (Å²) in [5, 5.41) is 9.87. The molecule has 1 aliphatic carbocycles. The Balaban J connectivity index is 1.30. The van der Waals surface area contributed by atoms with Crippen LogP contribution in [0.2, 0.25) is 0 Å². The first-order valence-corrected chi connectivity index (χ1v) is 13.6. The number of rotatable bonds is 2. The number of fused-ring (bicyclic) bond motifs is 3. The molecular formula is C36H22N4. The van der Waals surface area contributed by atoms with Crippen molar-refractivity contribution in [2.75, 3.05) is 0 Å². The normalized spacial score (nSPS) is 12.2. The Hall–Kier alpha value is -5.22. The Kier molecular flexibility index (Phi) is 4.16. The second-order valence-corrected chi connectivity index (χ2v) is 10.8. The van der Waals surface area contributed by atoms with Crippen molar-refractivity contribution in [3.63, 3.8) is 0 Å². The molecule has 0 amide bonds. The third-order valence-corrected chi connectivity index (χ3v) is 8.41. The van der Waals surface area contributed by atoms with Gasteiger partial charge in [-0.3, -0.25) is 0 Å². The fourth-order valence-corrected chi connectivity index (χ4v) is 6.56. The maximum absolute atomic E-state index is 4.71. The van der Waals surface area contributed by atoms with Gasteiger partial charge in [-0.05, 0) is 105 Å². The molecular weight excluding hydrogens is 488 g/mol. The molecule has 4 heteroatoms. The van der Waals surface area contributed by atoms with Crippen LogP contribution < -0.4 is 0 Å². The standard InChI is InChI=1S/C36H22N4/c1-19-3-5-22-15-24(17-37-35(22)39-19)26-11-13-30-31-14-12-27(25-16-23-6-4-20(2)40-36(23)38-18-25)29-10-8-21-7-9-28(26)33(30)32(21)34(29)31/h3-18H,1-2H3. The van der Waals surface area contributed by atoms with Crippen LogP contribution in [0.25, 0.3) is 87.8 Å². The van der Waals surface area contributed by atoms with E-state index in [9.17, 15) is 0 Å². The molecule has 0 saturated heterocycles. The van der Waals surface area contributed by atoms with Crippen molar-refractivity contribution in [2.24, 2.45) is 0 Å². The first-order valence-electron chi connectivity index (χ1n) is 13.6. The Bertz CT molecular complexity index is 2240. The number of nitrogens with zero attached hydrogens (tertiary/aromatic N) is 4. The van der Waals surface area contributed by atoms with Crippen LogP contribution in [-0.4, -0.2) is 19.9 Å². The lowest BCUT2D eigenvalue weighted by Crippen LogP contribution is -1.89. The molecule has 0 spiro atoms. The first kappa shape index (κ1) is 21.7. The van der Waals surface area contributed by atoms with Crippen LogP contribution in [0, 0.1) is 13.8 Å². The average molecular weight is 511 g/mol. The second-order valence-electron chi connectivity index (χ2n) is 10.8. The Morgan fingerprint density at radius 2 is 0.875 bits per heavy atom. The highest BCUT2D eigenvalue weighted by molar-refractivity contribution is 6.35. The summed E-state index contributed by atoms with van der Waals surface area (Å²) in [6.45, 7) is 4.00. The molecule has 0 N–H and O–H groups in total. The fourth-order valence-electron chi connectivity index (χ4n) is 6.56. The van der Waals surface area contributed by atoms with Gasteiger partial charge in [0.15, 0.2) is 11.3 Å². The molecule has 0 atom stereocenters. The summed E-state index contributed by atoms with van der Waals surface area (Å²) in [5.41, 5.74) is 10.7. The minimum absolute atomic E-state index is 0.787. The predicted molar refractivity (Wildman–Crippen MR) is 164 cm³/mol. The van der Waals surface area contributed by atoms with Gasteiger partial charge in [-0.15, -0.1) is 0 Å². The van der Waals surface area contributed by atoms with Crippen LogP contribution >= 0.6 is 0 Å². The molecule has 4 aromatic carbocycles. The highest BCUT2D eigenvalue weighted by atomic mass is 14.8. The Morgan fingerprint density at radius 1 is 0.425 bits per heavy atom. The second kappa shape index (κ2) is 7.67. The quantitative estimate of drug-likeness (QED) is 0.218. The molecule has 40 heavy (non-hydrogen) atoms. The highest BCUT2D eigenvalue weighted by Gasteiger charge is 2.23. The van der Waals surface area contributed by atoms with Crippen molar-refractivity contribution in [2.45, 2.75) is 13.8 Å². The van der Waals surface area contributed by atoms with Crippen LogP contribution in [0.5, 0.6) is 0 Å². The summed E-state index contributed by atoms with van der Waals surface area (Å²) < 4.78 is 0. The lowest BCUT2D eigenvalue weighted by atomic mass is 9.93. The van der Waals surface area contributed by atoms with Crippen molar-refractivity contribution < 1.29 is 0 Å². The molecule has 4 heterocycles. The molecule has 4 nitrogen and oxygen atoms in total. The van der Waals surface area contributed by atoms with E-state index >= 15 is 0 Å². The zero-order valence-corrected chi connectivity index (χ0v) is 22.0. The summed E-state index contributed by atoms with van der Waals surface area (Å²) in [7, 11) is 0. The summed E-state index contributed by atoms with van der Waals surface area (Å²) in [6.07, 6.45) is 3.92. The molecule has 1 aliphatic rings. The van der Waals surface area contributed by atoms with E-state index in [4.69, 9.17) is 9.97 Å². The van der Waals surface area contributed by atoms with Gasteiger partial charge < -0.3 is 0 Å². The molecule has 8 aromatic rings. The van der Waals surface area contributed by atoms with Crippen molar-refractivity contribution in [3.8, 4) is 33.4 Å². The maximum Gasteiger partial charge on any atom is 0.159 e. The van der Waals surface area contributed by atoms with Gasteiger partial charge in [-0.25, -0.2) is 19.9 Å². The fraction of sp³-hybridized carbons (Fsp3) is 0.0556. The van der Waals surface area contributed by atoms with Gasteiger partial charge in [-0.2, -0.15) is 0 Å². The molecule has 0 aliphatic heterocycles. The molecule has 0 radical (unpaired) electrons. The number of hydrogen-bond acceptors (Lipinski definition) is 4. The SMILES string of the molecule is Cc1ccc2cc(-c3ccc4c5c3ccc3ccc6c(-c7cnc8nc(C)ccc8c7)ccc-4c6c35)cnc2n1. The predicted octanol–water partition coefficient (Wildman–Crippen LogP) is 8.96. The summed E-state index contributed by atoms with van der Waals surface area (Å²) in [6, 6.07) is 30.9. The van der Waals surface area contributed by atoms with Gasteiger partial charge >= 0.3 is 0 Å². The van der Waals surface area contributed by atoms with Crippen molar-refractivity contribution in [3.05, 3.63) is 109 Å². The van der Waals surface area contributed by atoms with Crippen LogP contribution in [0.1, 0.15) is 11.4 Å². The summed E-state index contributed by atoms with van der Waals surface area (Å²) in [5.74, 6) is 0. The topological polar surface area (TPSA) is 51.6 Å². The highest BCUT2D eigenvalue weighted by Crippen LogP contribution is 2.51. The van der Waals surface area contributed by atoms with E-state index in [1.807, 2.05) is 38.4 Å². The van der Waals surface area contributed by atoms with Crippen molar-refractivity contribution in [1.29, 1.82) is 0 Å². The first-order chi connectivity index (χ1) is 19.6. The zero-order chi connectivity index (χ0) is 26.5. The largest absolute Gasteiger partial charge is 0.236 e. The van der Waals surface area contributed by atoms with Gasteiger partial charge in [0, 0.05) is 45.7 Å². The smallest absolute Gasteiger partial charge is 0.159 e. The number of benzene rings is 4. The van der Waals surface area contributed by atoms with Gasteiger partial charge in [0.05, 0.1) is 0 Å². The maximum atomic E-state index is 4.71. The monoisotopic (exact) mass is 510 g/mol. The lowest BCUT2D eigenvalue weighted by molar-refractivity contribution is 1.20. The Morgan fingerprint density at radius 3 is 1.38 bits per heavy atom. The number of pyridine rings is 4. The van der Waals surface area contributed by atoms with E-state index in [0.29, 0.717) is 0 Å². The molecule has 0 unspecified atom stereocenters. The summed E-state index contributed by atoms with van der Waals surface area (Å²) in [4.78, 5) is 18.6. The molecule has 4 aromatic heterocycles. The van der Waals surface area contributed by atoms with Gasteiger partial charge in [0.2, 0.25) is 0 Å². The lowest BCUT2D eigenvalue weighted by Gasteiger charge is -2.11. The molecule has 0 fully saturated rings. The van der Waals surface area contributed by atoms with Crippen LogP contribution in [0.3, 0.4) is 0 Å². The zero-order valence-electron chi connectivity index (χ0n) is 22.0. The van der Waals surface area contributed by atoms with E-state index in [-0.39, 0.29) is 0 Å². The van der Waals surface area contributed by atoms with E-state index in [1.165, 1.54) is 54.6 Å². The van der Waals surface area contributed by atoms with E-state index in [2.05, 4.69) is 82.8 Å². The van der Waals surface area contributed by atoms with Crippen LogP contribution in [0.4, 0.5) is 0 Å². The molecule has 0 bridgehead atoms. The third kappa shape index (κ3) is 2.90. The number of aromatic nitrogens is 4. The summed E-state index contributed by atoms with van der Waals surface area (Å²) >= 11 is 0. The molecule has 9 rings (SSSR count). The van der Waals surface area contributed by atoms with E-state index in [1.54, 1.807) is 0 Å². The van der Waals surface area contributed by atoms with Gasteiger partial charge in [0.1, 0.15) is 0 Å². The average Bonchev–Trinajstić information content (AvgIpc) is 3.33. The van der Waals surface area contributed by atoms with Crippen LogP contribution in [-0.2, 0) is 0 Å². The molecule has 186 valence electrons. The van der Waals surface area contributed by atoms with Gasteiger partial charge in [0.25, 0.3) is 0 Å². The van der Waals surface area contributed by atoms with Crippen molar-refractivity contribution >= 4 is 54.4 Å². The Labute approximate surface area is 230 Å². The van der Waals surface area contributed by atoms with Gasteiger partial charge in [-0.1, -0.05) is 48.5 Å². The minimum atomic E-state index is 0.787. The molecule has 0 saturated carbocycles. The van der Waals surface area contributed by atoms with E-state index in [0.717, 1.165) is 44.6 Å². The number of aryl methyl sites for hydroxylation is 2. The van der Waals surface area contributed by atoms with Crippen LogP contribution in [0.15, 0.2) is 97.3 Å². The van der Waals surface area contributed by atoms with Crippen molar-refractivity contribution in [1.82, 2.24) is 19.9 Å². The number of hydrogen-bond donors (Lipinski definition) is 0. The van der Waals surface area contributed by atoms with E-state index < -0.39 is 0 Å².